The first kappa shape index (κ1) is 15.4. The maximum absolute atomic E-state index is 11.1. The molecule has 0 bridgehead atoms. The largest absolute Gasteiger partial charge is 0.480 e. The van der Waals surface area contributed by atoms with Crippen LogP contribution >= 0.6 is 0 Å². The molecule has 1 saturated carbocycles. The normalized spacial score (nSPS) is 30.1. The molecule has 0 spiro atoms. The molecule has 0 aromatic rings. The Balaban J connectivity index is 2.34. The molecule has 106 valence electrons. The van der Waals surface area contributed by atoms with Gasteiger partial charge in [0.2, 0.25) is 0 Å². The first-order valence-electron chi connectivity index (χ1n) is 7.10. The number of carboxylic acid groups (broad SMARTS) is 1. The lowest BCUT2D eigenvalue weighted by molar-refractivity contribution is -0.142. The van der Waals surface area contributed by atoms with Crippen molar-refractivity contribution < 1.29 is 14.6 Å². The Morgan fingerprint density at radius 1 is 1.33 bits per heavy atom. The molecule has 3 unspecified atom stereocenters. The van der Waals surface area contributed by atoms with Crippen LogP contribution in [0.3, 0.4) is 0 Å². The van der Waals surface area contributed by atoms with Gasteiger partial charge in [0.15, 0.2) is 0 Å². The lowest BCUT2D eigenvalue weighted by Crippen LogP contribution is -2.42. The van der Waals surface area contributed by atoms with Crippen molar-refractivity contribution in [2.45, 2.75) is 58.6 Å². The van der Waals surface area contributed by atoms with E-state index in [-0.39, 0.29) is 12.7 Å². The van der Waals surface area contributed by atoms with E-state index in [1.165, 1.54) is 6.42 Å². The molecular weight excluding hydrogens is 230 g/mol. The molecule has 0 saturated heterocycles. The van der Waals surface area contributed by atoms with E-state index in [0.717, 1.165) is 25.8 Å². The molecule has 1 rings (SSSR count). The van der Waals surface area contributed by atoms with Crippen molar-refractivity contribution in [2.75, 3.05) is 13.2 Å². The summed E-state index contributed by atoms with van der Waals surface area (Å²) in [6.07, 6.45) is 4.54. The van der Waals surface area contributed by atoms with Crippen molar-refractivity contribution >= 4 is 5.97 Å². The number of carbonyl (C=O) groups is 1. The van der Waals surface area contributed by atoms with Gasteiger partial charge >= 0.3 is 5.97 Å². The molecule has 0 radical (unpaired) electrons. The Kier molecular flexibility index (Phi) is 6.65. The van der Waals surface area contributed by atoms with Crippen LogP contribution in [-0.4, -0.2) is 36.4 Å². The number of aliphatic carboxylic acids is 1. The minimum atomic E-state index is -0.819. The fourth-order valence-electron chi connectivity index (χ4n) is 2.78. The van der Waals surface area contributed by atoms with E-state index in [1.54, 1.807) is 0 Å². The van der Waals surface area contributed by atoms with Crippen LogP contribution < -0.4 is 5.32 Å². The molecule has 1 fully saturated rings. The maximum atomic E-state index is 11.1. The molecule has 18 heavy (non-hydrogen) atoms. The molecule has 1 aliphatic rings. The first-order valence-corrected chi connectivity index (χ1v) is 7.10. The summed E-state index contributed by atoms with van der Waals surface area (Å²) in [5.41, 5.74) is 0. The van der Waals surface area contributed by atoms with Gasteiger partial charge in [-0.15, -0.1) is 0 Å². The minimum absolute atomic E-state index is 0.231. The topological polar surface area (TPSA) is 58.6 Å². The first-order chi connectivity index (χ1) is 8.52. The van der Waals surface area contributed by atoms with Crippen molar-refractivity contribution in [3.05, 3.63) is 0 Å². The van der Waals surface area contributed by atoms with Crippen molar-refractivity contribution in [1.29, 1.82) is 0 Å². The third-order valence-corrected chi connectivity index (χ3v) is 3.57. The zero-order valence-corrected chi connectivity index (χ0v) is 11.8. The maximum Gasteiger partial charge on any atom is 0.323 e. The van der Waals surface area contributed by atoms with Crippen LogP contribution in [0.25, 0.3) is 0 Å². The van der Waals surface area contributed by atoms with Gasteiger partial charge in [0.05, 0.1) is 12.7 Å². The summed E-state index contributed by atoms with van der Waals surface area (Å²) in [7, 11) is 0. The quantitative estimate of drug-likeness (QED) is 0.734. The highest BCUT2D eigenvalue weighted by atomic mass is 16.5. The summed E-state index contributed by atoms with van der Waals surface area (Å²) in [5, 5.41) is 12.1. The van der Waals surface area contributed by atoms with Crippen LogP contribution in [0.5, 0.6) is 0 Å². The van der Waals surface area contributed by atoms with E-state index in [1.807, 2.05) is 6.92 Å². The average Bonchev–Trinajstić information content (AvgIpc) is 2.27. The van der Waals surface area contributed by atoms with E-state index in [0.29, 0.717) is 11.8 Å². The molecule has 0 aliphatic heterocycles. The summed E-state index contributed by atoms with van der Waals surface area (Å²) in [6.45, 7) is 7.51. The van der Waals surface area contributed by atoms with Crippen LogP contribution in [0.1, 0.15) is 46.5 Å². The van der Waals surface area contributed by atoms with Gasteiger partial charge < -0.3 is 15.2 Å². The van der Waals surface area contributed by atoms with Crippen LogP contribution in [0, 0.1) is 11.8 Å². The predicted octanol–water partition coefficient (Wildman–Crippen LogP) is 2.28. The van der Waals surface area contributed by atoms with Gasteiger partial charge in [0, 0.05) is 0 Å². The zero-order chi connectivity index (χ0) is 13.5. The van der Waals surface area contributed by atoms with Gasteiger partial charge in [-0.3, -0.25) is 4.79 Å². The van der Waals surface area contributed by atoms with Gasteiger partial charge in [0.1, 0.15) is 6.04 Å². The Labute approximate surface area is 110 Å². The predicted molar refractivity (Wildman–Crippen MR) is 71.6 cm³/mol. The fourth-order valence-corrected chi connectivity index (χ4v) is 2.78. The number of ether oxygens (including phenoxy) is 1. The lowest BCUT2D eigenvalue weighted by Gasteiger charge is -2.32. The van der Waals surface area contributed by atoms with Crippen molar-refractivity contribution in [3.8, 4) is 0 Å². The molecule has 0 aromatic heterocycles. The standard InChI is InChI=1S/C14H27NO3/c1-4-5-15-13(14(16)17)9-18-12-7-10(2)6-11(3)8-12/h10-13,15H,4-9H2,1-3H3,(H,16,17). The Morgan fingerprint density at radius 2 is 1.94 bits per heavy atom. The van der Waals surface area contributed by atoms with E-state index < -0.39 is 12.0 Å². The molecule has 3 atom stereocenters. The van der Waals surface area contributed by atoms with E-state index in [2.05, 4.69) is 19.2 Å². The Hall–Kier alpha value is -0.610. The van der Waals surface area contributed by atoms with E-state index >= 15 is 0 Å². The summed E-state index contributed by atoms with van der Waals surface area (Å²) in [6, 6.07) is -0.572. The number of rotatable bonds is 7. The van der Waals surface area contributed by atoms with Crippen LogP contribution in [0.2, 0.25) is 0 Å². The molecular formula is C14H27NO3. The molecule has 4 heteroatoms. The third-order valence-electron chi connectivity index (χ3n) is 3.57. The third kappa shape index (κ3) is 5.36. The van der Waals surface area contributed by atoms with Gasteiger partial charge in [-0.05, 0) is 44.1 Å². The van der Waals surface area contributed by atoms with Crippen LogP contribution in [0.15, 0.2) is 0 Å². The second kappa shape index (κ2) is 7.74. The minimum Gasteiger partial charge on any atom is -0.480 e. The van der Waals surface area contributed by atoms with Crippen molar-refractivity contribution in [2.24, 2.45) is 11.8 Å². The highest BCUT2D eigenvalue weighted by Crippen LogP contribution is 2.30. The Morgan fingerprint density at radius 3 is 2.44 bits per heavy atom. The zero-order valence-electron chi connectivity index (χ0n) is 11.8. The molecule has 0 heterocycles. The summed E-state index contributed by atoms with van der Waals surface area (Å²) >= 11 is 0. The molecule has 0 amide bonds. The van der Waals surface area contributed by atoms with Gasteiger partial charge in [-0.2, -0.15) is 0 Å². The SMILES string of the molecule is CCCNC(COC1CC(C)CC(C)C1)C(=O)O. The van der Waals surface area contributed by atoms with E-state index in [4.69, 9.17) is 9.84 Å². The van der Waals surface area contributed by atoms with Gasteiger partial charge in [-0.25, -0.2) is 0 Å². The fraction of sp³-hybridized carbons (Fsp3) is 0.929. The number of hydrogen-bond acceptors (Lipinski definition) is 3. The summed E-state index contributed by atoms with van der Waals surface area (Å²) in [4.78, 5) is 11.1. The van der Waals surface area contributed by atoms with Crippen molar-refractivity contribution in [3.63, 3.8) is 0 Å². The highest BCUT2D eigenvalue weighted by molar-refractivity contribution is 5.73. The van der Waals surface area contributed by atoms with Gasteiger partial charge in [-0.1, -0.05) is 20.8 Å². The van der Waals surface area contributed by atoms with Gasteiger partial charge in [0.25, 0.3) is 0 Å². The summed E-state index contributed by atoms with van der Waals surface area (Å²) in [5.74, 6) is 0.552. The lowest BCUT2D eigenvalue weighted by atomic mass is 9.82. The monoisotopic (exact) mass is 257 g/mol. The number of nitrogens with one attached hydrogen (secondary N) is 1. The van der Waals surface area contributed by atoms with Crippen LogP contribution in [-0.2, 0) is 9.53 Å². The summed E-state index contributed by atoms with van der Waals surface area (Å²) < 4.78 is 5.80. The average molecular weight is 257 g/mol. The number of carboxylic acids is 1. The molecule has 4 nitrogen and oxygen atoms in total. The van der Waals surface area contributed by atoms with Crippen LogP contribution in [0.4, 0.5) is 0 Å². The molecule has 1 aliphatic carbocycles. The van der Waals surface area contributed by atoms with E-state index in [9.17, 15) is 4.79 Å². The second-order valence-electron chi connectivity index (χ2n) is 5.72. The molecule has 2 N–H and O–H groups in total. The molecule has 0 aromatic carbocycles. The number of hydrogen-bond donors (Lipinski definition) is 2. The van der Waals surface area contributed by atoms with Crippen molar-refractivity contribution in [1.82, 2.24) is 5.32 Å². The highest BCUT2D eigenvalue weighted by Gasteiger charge is 2.26. The smallest absolute Gasteiger partial charge is 0.323 e. The Bertz CT molecular complexity index is 247. The second-order valence-corrected chi connectivity index (χ2v) is 5.72.